The first-order valence-electron chi connectivity index (χ1n) is 8.38. The predicted molar refractivity (Wildman–Crippen MR) is 105 cm³/mol. The average Bonchev–Trinajstić information content (AvgIpc) is 3.19. The van der Waals surface area contributed by atoms with Crippen LogP contribution in [0.25, 0.3) is 16.8 Å². The third-order valence-corrected chi connectivity index (χ3v) is 5.11. The molecule has 8 heteroatoms. The van der Waals surface area contributed by atoms with Gasteiger partial charge in [-0.2, -0.15) is 4.68 Å². The third kappa shape index (κ3) is 3.49. The Hall–Kier alpha value is -3.52. The first-order chi connectivity index (χ1) is 13.7. The smallest absolute Gasteiger partial charge is 0.219 e. The Morgan fingerprint density at radius 2 is 1.68 bits per heavy atom. The molecular formula is C20H16N4O3S. The highest BCUT2D eigenvalue weighted by molar-refractivity contribution is 7.99. The van der Waals surface area contributed by atoms with E-state index in [1.165, 1.54) is 12.1 Å². The van der Waals surface area contributed by atoms with Gasteiger partial charge in [0, 0.05) is 5.56 Å². The lowest BCUT2D eigenvalue weighted by Gasteiger charge is -2.10. The second-order valence-electron chi connectivity index (χ2n) is 5.88. The molecule has 2 N–H and O–H groups in total. The molecule has 0 saturated carbocycles. The molecule has 3 aromatic carbocycles. The molecule has 28 heavy (non-hydrogen) atoms. The van der Waals surface area contributed by atoms with E-state index in [1.807, 2.05) is 42.5 Å². The van der Waals surface area contributed by atoms with Crippen molar-refractivity contribution in [2.24, 2.45) is 0 Å². The fourth-order valence-electron chi connectivity index (χ4n) is 2.71. The highest BCUT2D eigenvalue weighted by Gasteiger charge is 2.16. The normalized spacial score (nSPS) is 10.8. The molecule has 0 aliphatic heterocycles. The van der Waals surface area contributed by atoms with Gasteiger partial charge in [-0.25, -0.2) is 0 Å². The number of hydrogen-bond acceptors (Lipinski definition) is 7. The molecule has 4 aromatic rings. The Labute approximate surface area is 165 Å². The largest absolute Gasteiger partial charge is 0.507 e. The van der Waals surface area contributed by atoms with Crippen LogP contribution in [0.15, 0.2) is 76.8 Å². The molecule has 0 aliphatic carbocycles. The van der Waals surface area contributed by atoms with E-state index in [2.05, 4.69) is 15.5 Å². The van der Waals surface area contributed by atoms with Crippen molar-refractivity contribution >= 4 is 11.8 Å². The summed E-state index contributed by atoms with van der Waals surface area (Å²) in [5, 5.41) is 33.2. The standard InChI is InChI=1S/C20H16N4O3S/c1-27-15-9-7-13(8-10-15)16-11-18(26)19(12-17(16)25)28-20-21-22-23-24(20)14-5-3-2-4-6-14/h2-12,25-26H,1H3. The Morgan fingerprint density at radius 3 is 2.39 bits per heavy atom. The number of ether oxygens (including phenoxy) is 1. The van der Waals surface area contributed by atoms with E-state index in [-0.39, 0.29) is 11.5 Å². The number of phenolic OH excluding ortho intramolecular Hbond substituents is 2. The SMILES string of the molecule is COc1ccc(-c2cc(O)c(Sc3nnnn3-c3ccccc3)cc2O)cc1. The summed E-state index contributed by atoms with van der Waals surface area (Å²) in [6.45, 7) is 0. The fourth-order valence-corrected chi connectivity index (χ4v) is 3.55. The van der Waals surface area contributed by atoms with Crippen LogP contribution in [0.5, 0.6) is 17.2 Å². The number of para-hydroxylation sites is 1. The van der Waals surface area contributed by atoms with Gasteiger partial charge in [0.25, 0.3) is 0 Å². The number of hydrogen-bond donors (Lipinski definition) is 2. The molecule has 0 radical (unpaired) electrons. The molecule has 0 spiro atoms. The summed E-state index contributed by atoms with van der Waals surface area (Å²) in [5.74, 6) is 0.785. The zero-order chi connectivity index (χ0) is 19.5. The van der Waals surface area contributed by atoms with E-state index in [1.54, 1.807) is 23.9 Å². The highest BCUT2D eigenvalue weighted by Crippen LogP contribution is 2.41. The third-order valence-electron chi connectivity index (χ3n) is 4.12. The monoisotopic (exact) mass is 392 g/mol. The molecule has 140 valence electrons. The second kappa shape index (κ2) is 7.61. The van der Waals surface area contributed by atoms with Crippen LogP contribution < -0.4 is 4.74 Å². The summed E-state index contributed by atoms with van der Waals surface area (Å²) in [6.07, 6.45) is 0. The van der Waals surface area contributed by atoms with Crippen LogP contribution in [-0.2, 0) is 0 Å². The van der Waals surface area contributed by atoms with Crippen molar-refractivity contribution in [1.29, 1.82) is 0 Å². The minimum atomic E-state index is 0.0243. The van der Waals surface area contributed by atoms with Crippen molar-refractivity contribution in [2.45, 2.75) is 10.1 Å². The van der Waals surface area contributed by atoms with Crippen molar-refractivity contribution in [3.05, 3.63) is 66.7 Å². The van der Waals surface area contributed by atoms with E-state index >= 15 is 0 Å². The molecular weight excluding hydrogens is 376 g/mol. The lowest BCUT2D eigenvalue weighted by Crippen LogP contribution is -1.98. The van der Waals surface area contributed by atoms with Crippen molar-refractivity contribution in [3.8, 4) is 34.1 Å². The molecule has 0 amide bonds. The number of rotatable bonds is 5. The molecule has 0 aliphatic rings. The number of aromatic hydroxyl groups is 2. The van der Waals surface area contributed by atoms with Crippen molar-refractivity contribution in [3.63, 3.8) is 0 Å². The maximum Gasteiger partial charge on any atom is 0.219 e. The lowest BCUT2D eigenvalue weighted by atomic mass is 10.0. The van der Waals surface area contributed by atoms with Gasteiger partial charge in [0.05, 0.1) is 17.7 Å². The van der Waals surface area contributed by atoms with E-state index in [4.69, 9.17) is 4.74 Å². The summed E-state index contributed by atoms with van der Waals surface area (Å²) in [7, 11) is 1.59. The van der Waals surface area contributed by atoms with Gasteiger partial charge in [-0.05, 0) is 64.2 Å². The average molecular weight is 392 g/mol. The van der Waals surface area contributed by atoms with E-state index < -0.39 is 0 Å². The van der Waals surface area contributed by atoms with Crippen LogP contribution in [0.1, 0.15) is 0 Å². The molecule has 1 heterocycles. The van der Waals surface area contributed by atoms with Crippen LogP contribution >= 0.6 is 11.8 Å². The summed E-state index contributed by atoms with van der Waals surface area (Å²) >= 11 is 1.16. The van der Waals surface area contributed by atoms with Crippen LogP contribution in [0, 0.1) is 0 Å². The highest BCUT2D eigenvalue weighted by atomic mass is 32.2. The Bertz CT molecular complexity index is 1100. The minimum absolute atomic E-state index is 0.0243. The molecule has 7 nitrogen and oxygen atoms in total. The van der Waals surface area contributed by atoms with E-state index in [0.717, 1.165) is 23.0 Å². The Kier molecular flexibility index (Phi) is 4.86. The van der Waals surface area contributed by atoms with Gasteiger partial charge in [0.1, 0.15) is 17.2 Å². The molecule has 4 rings (SSSR count). The van der Waals surface area contributed by atoms with Gasteiger partial charge in [0.15, 0.2) is 0 Å². The lowest BCUT2D eigenvalue weighted by molar-refractivity contribution is 0.415. The van der Waals surface area contributed by atoms with E-state index in [9.17, 15) is 10.2 Å². The number of benzene rings is 3. The van der Waals surface area contributed by atoms with Gasteiger partial charge < -0.3 is 14.9 Å². The van der Waals surface area contributed by atoms with Gasteiger partial charge in [0.2, 0.25) is 5.16 Å². The topological polar surface area (TPSA) is 93.3 Å². The van der Waals surface area contributed by atoms with Crippen LogP contribution in [0.4, 0.5) is 0 Å². The van der Waals surface area contributed by atoms with Crippen molar-refractivity contribution in [1.82, 2.24) is 20.2 Å². The van der Waals surface area contributed by atoms with Gasteiger partial charge in [-0.1, -0.05) is 30.3 Å². The Balaban J connectivity index is 1.65. The van der Waals surface area contributed by atoms with E-state index in [0.29, 0.717) is 21.4 Å². The first-order valence-corrected chi connectivity index (χ1v) is 9.19. The summed E-state index contributed by atoms with van der Waals surface area (Å²) < 4.78 is 6.72. The van der Waals surface area contributed by atoms with Crippen molar-refractivity contribution in [2.75, 3.05) is 7.11 Å². The number of nitrogens with zero attached hydrogens (tertiary/aromatic N) is 4. The van der Waals surface area contributed by atoms with Gasteiger partial charge in [-0.15, -0.1) is 5.10 Å². The predicted octanol–water partition coefficient (Wildman–Crippen LogP) is 3.90. The summed E-state index contributed by atoms with van der Waals surface area (Å²) in [5.41, 5.74) is 2.08. The molecule has 0 unspecified atom stereocenters. The first kappa shape index (κ1) is 17.9. The molecule has 0 saturated heterocycles. The molecule has 0 atom stereocenters. The molecule has 0 fully saturated rings. The summed E-state index contributed by atoms with van der Waals surface area (Å²) in [4.78, 5) is 0.446. The molecule has 1 aromatic heterocycles. The maximum atomic E-state index is 10.5. The zero-order valence-corrected chi connectivity index (χ0v) is 15.7. The number of methoxy groups -OCH3 is 1. The number of phenols is 2. The quantitative estimate of drug-likeness (QED) is 0.498. The minimum Gasteiger partial charge on any atom is -0.507 e. The van der Waals surface area contributed by atoms with Gasteiger partial charge >= 0.3 is 0 Å². The van der Waals surface area contributed by atoms with Crippen LogP contribution in [0.3, 0.4) is 0 Å². The maximum absolute atomic E-state index is 10.5. The summed E-state index contributed by atoms with van der Waals surface area (Å²) in [6, 6.07) is 19.7. The van der Waals surface area contributed by atoms with Crippen molar-refractivity contribution < 1.29 is 14.9 Å². The fraction of sp³-hybridized carbons (Fsp3) is 0.0500. The van der Waals surface area contributed by atoms with Crippen LogP contribution in [-0.4, -0.2) is 37.5 Å². The number of aromatic nitrogens is 4. The van der Waals surface area contributed by atoms with Gasteiger partial charge in [-0.3, -0.25) is 0 Å². The van der Waals surface area contributed by atoms with Crippen LogP contribution in [0.2, 0.25) is 0 Å². The molecule has 0 bridgehead atoms. The second-order valence-corrected chi connectivity index (χ2v) is 6.89. The Morgan fingerprint density at radius 1 is 0.929 bits per heavy atom. The zero-order valence-electron chi connectivity index (χ0n) is 14.9. The number of tetrazole rings is 1.